The first-order valence-electron chi connectivity index (χ1n) is 7.73. The smallest absolute Gasteiger partial charge is 0.338 e. The minimum atomic E-state index is -0.569. The zero-order valence-corrected chi connectivity index (χ0v) is 13.0. The molecule has 0 heterocycles. The summed E-state index contributed by atoms with van der Waals surface area (Å²) < 4.78 is 5.00. The Morgan fingerprint density at radius 2 is 1.91 bits per heavy atom. The van der Waals surface area contributed by atoms with Crippen molar-refractivity contribution in [3.05, 3.63) is 29.8 Å². The van der Waals surface area contributed by atoms with Crippen LogP contribution in [0.2, 0.25) is 0 Å². The second-order valence-corrected chi connectivity index (χ2v) is 6.06. The Hall–Kier alpha value is -2.04. The van der Waals surface area contributed by atoms with E-state index in [1.54, 1.807) is 0 Å². The average Bonchev–Trinajstić information content (AvgIpc) is 2.50. The molecule has 1 amide bonds. The van der Waals surface area contributed by atoms with Crippen molar-refractivity contribution in [3.8, 4) is 5.75 Å². The number of benzene rings is 1. The van der Waals surface area contributed by atoms with Crippen LogP contribution in [-0.2, 0) is 9.53 Å². The number of ether oxygens (including phenoxy) is 1. The number of hydrogen-bond acceptors (Lipinski definition) is 4. The van der Waals surface area contributed by atoms with Gasteiger partial charge in [-0.25, -0.2) is 4.79 Å². The van der Waals surface area contributed by atoms with Crippen molar-refractivity contribution in [1.82, 2.24) is 5.32 Å². The van der Waals surface area contributed by atoms with Gasteiger partial charge < -0.3 is 15.2 Å². The fourth-order valence-electron chi connectivity index (χ4n) is 2.85. The lowest BCUT2D eigenvalue weighted by Crippen LogP contribution is -2.45. The van der Waals surface area contributed by atoms with E-state index < -0.39 is 5.97 Å². The molecule has 2 N–H and O–H groups in total. The Labute approximate surface area is 130 Å². The van der Waals surface area contributed by atoms with Crippen LogP contribution in [0.25, 0.3) is 0 Å². The fraction of sp³-hybridized carbons (Fsp3) is 0.529. The molecule has 2 rings (SSSR count). The van der Waals surface area contributed by atoms with Gasteiger partial charge in [0.2, 0.25) is 0 Å². The molecule has 0 saturated heterocycles. The van der Waals surface area contributed by atoms with Crippen molar-refractivity contribution in [2.45, 2.75) is 39.2 Å². The molecule has 0 aromatic heterocycles. The van der Waals surface area contributed by atoms with Gasteiger partial charge in [-0.05, 0) is 42.5 Å². The molecule has 5 nitrogen and oxygen atoms in total. The maximum Gasteiger partial charge on any atom is 0.338 e. The van der Waals surface area contributed by atoms with Crippen molar-refractivity contribution in [2.75, 3.05) is 6.61 Å². The maximum atomic E-state index is 11.9. The quantitative estimate of drug-likeness (QED) is 0.838. The van der Waals surface area contributed by atoms with Gasteiger partial charge >= 0.3 is 5.97 Å². The van der Waals surface area contributed by atoms with Gasteiger partial charge in [0.1, 0.15) is 5.75 Å². The standard InChI is InChI=1S/C17H23NO4/c1-11-4-3-5-15(12(11)2)18-16(20)10-22-17(21)13-6-8-14(19)9-7-13/h6-9,11-12,15,19H,3-5,10H2,1-2H3,(H,18,20)/t11-,12+,15+/m1/s1. The molecule has 1 aromatic carbocycles. The highest BCUT2D eigenvalue weighted by molar-refractivity contribution is 5.91. The van der Waals surface area contributed by atoms with Crippen molar-refractivity contribution in [3.63, 3.8) is 0 Å². The van der Waals surface area contributed by atoms with Crippen molar-refractivity contribution >= 4 is 11.9 Å². The molecule has 3 atom stereocenters. The van der Waals surface area contributed by atoms with E-state index in [1.807, 2.05) is 0 Å². The molecule has 0 unspecified atom stereocenters. The zero-order chi connectivity index (χ0) is 16.1. The van der Waals surface area contributed by atoms with Gasteiger partial charge in [0.25, 0.3) is 5.91 Å². The molecule has 1 saturated carbocycles. The number of carbonyl (C=O) groups is 2. The van der Waals surface area contributed by atoms with E-state index in [0.29, 0.717) is 17.4 Å². The Balaban J connectivity index is 1.80. The summed E-state index contributed by atoms with van der Waals surface area (Å²) >= 11 is 0. The van der Waals surface area contributed by atoms with E-state index in [-0.39, 0.29) is 24.3 Å². The van der Waals surface area contributed by atoms with Crippen LogP contribution in [0.15, 0.2) is 24.3 Å². The Bertz CT molecular complexity index is 526. The van der Waals surface area contributed by atoms with Gasteiger partial charge in [-0.1, -0.05) is 26.7 Å². The molecule has 120 valence electrons. The van der Waals surface area contributed by atoms with Crippen LogP contribution in [0.4, 0.5) is 0 Å². The van der Waals surface area contributed by atoms with Gasteiger partial charge in [-0.2, -0.15) is 0 Å². The minimum Gasteiger partial charge on any atom is -0.508 e. The molecule has 1 fully saturated rings. The number of amides is 1. The molecule has 0 aliphatic heterocycles. The largest absolute Gasteiger partial charge is 0.508 e. The topological polar surface area (TPSA) is 75.6 Å². The van der Waals surface area contributed by atoms with Gasteiger partial charge in [-0.15, -0.1) is 0 Å². The van der Waals surface area contributed by atoms with Crippen molar-refractivity contribution in [1.29, 1.82) is 0 Å². The number of esters is 1. The Kier molecular flexibility index (Phi) is 5.41. The molecular weight excluding hydrogens is 282 g/mol. The zero-order valence-electron chi connectivity index (χ0n) is 13.0. The summed E-state index contributed by atoms with van der Waals surface area (Å²) in [4.78, 5) is 23.7. The second-order valence-electron chi connectivity index (χ2n) is 6.06. The first-order chi connectivity index (χ1) is 10.5. The van der Waals surface area contributed by atoms with E-state index in [2.05, 4.69) is 19.2 Å². The summed E-state index contributed by atoms with van der Waals surface area (Å²) in [6.07, 6.45) is 3.29. The van der Waals surface area contributed by atoms with E-state index in [1.165, 1.54) is 30.7 Å². The minimum absolute atomic E-state index is 0.0784. The molecule has 5 heteroatoms. The van der Waals surface area contributed by atoms with E-state index >= 15 is 0 Å². The van der Waals surface area contributed by atoms with Gasteiger partial charge in [-0.3, -0.25) is 4.79 Å². The van der Waals surface area contributed by atoms with Crippen molar-refractivity contribution in [2.24, 2.45) is 11.8 Å². The third kappa shape index (κ3) is 4.23. The Morgan fingerprint density at radius 1 is 1.23 bits per heavy atom. The summed E-state index contributed by atoms with van der Waals surface area (Å²) in [5.41, 5.74) is 0.310. The van der Waals surface area contributed by atoms with E-state index in [9.17, 15) is 9.59 Å². The van der Waals surface area contributed by atoms with E-state index in [0.717, 1.165) is 12.8 Å². The van der Waals surface area contributed by atoms with Crippen LogP contribution < -0.4 is 5.32 Å². The molecule has 1 aliphatic rings. The highest BCUT2D eigenvalue weighted by Gasteiger charge is 2.28. The summed E-state index contributed by atoms with van der Waals surface area (Å²) in [6.45, 7) is 4.07. The van der Waals surface area contributed by atoms with Crippen LogP contribution in [-0.4, -0.2) is 29.6 Å². The fourth-order valence-corrected chi connectivity index (χ4v) is 2.85. The summed E-state index contributed by atoms with van der Waals surface area (Å²) in [7, 11) is 0. The van der Waals surface area contributed by atoms with Crippen LogP contribution in [0, 0.1) is 11.8 Å². The molecule has 1 aliphatic carbocycles. The van der Waals surface area contributed by atoms with E-state index in [4.69, 9.17) is 9.84 Å². The molecule has 0 spiro atoms. The number of rotatable bonds is 4. The Morgan fingerprint density at radius 3 is 2.59 bits per heavy atom. The number of phenolic OH excluding ortho intramolecular Hbond substituents is 1. The number of phenols is 1. The predicted octanol–water partition coefficient (Wildman–Crippen LogP) is 2.49. The van der Waals surface area contributed by atoms with Crippen molar-refractivity contribution < 1.29 is 19.4 Å². The van der Waals surface area contributed by atoms with Gasteiger partial charge in [0.15, 0.2) is 6.61 Å². The lowest BCUT2D eigenvalue weighted by atomic mass is 9.78. The maximum absolute atomic E-state index is 11.9. The first kappa shape index (κ1) is 16.3. The summed E-state index contributed by atoms with van der Waals surface area (Å²) in [6, 6.07) is 5.88. The summed E-state index contributed by atoms with van der Waals surface area (Å²) in [5.74, 6) is 0.275. The van der Waals surface area contributed by atoms with Crippen LogP contribution >= 0.6 is 0 Å². The molecular formula is C17H23NO4. The monoisotopic (exact) mass is 305 g/mol. The average molecular weight is 305 g/mol. The van der Waals surface area contributed by atoms with Crippen LogP contribution in [0.1, 0.15) is 43.5 Å². The summed E-state index contributed by atoms with van der Waals surface area (Å²) in [5, 5.41) is 12.1. The number of carbonyl (C=O) groups excluding carboxylic acids is 2. The number of aromatic hydroxyl groups is 1. The molecule has 0 radical (unpaired) electrons. The third-order valence-electron chi connectivity index (χ3n) is 4.49. The number of hydrogen-bond donors (Lipinski definition) is 2. The third-order valence-corrected chi connectivity index (χ3v) is 4.49. The SMILES string of the molecule is C[C@H]1[C@H](C)CCC[C@@H]1NC(=O)COC(=O)c1ccc(O)cc1. The van der Waals surface area contributed by atoms with Gasteiger partial charge in [0, 0.05) is 6.04 Å². The second kappa shape index (κ2) is 7.29. The highest BCUT2D eigenvalue weighted by Crippen LogP contribution is 2.29. The van der Waals surface area contributed by atoms with Gasteiger partial charge in [0.05, 0.1) is 5.56 Å². The lowest BCUT2D eigenvalue weighted by molar-refractivity contribution is -0.125. The van der Waals surface area contributed by atoms with Crippen LogP contribution in [0.5, 0.6) is 5.75 Å². The van der Waals surface area contributed by atoms with Crippen LogP contribution in [0.3, 0.4) is 0 Å². The first-order valence-corrected chi connectivity index (χ1v) is 7.73. The molecule has 22 heavy (non-hydrogen) atoms. The highest BCUT2D eigenvalue weighted by atomic mass is 16.5. The predicted molar refractivity (Wildman–Crippen MR) is 82.5 cm³/mol. The lowest BCUT2D eigenvalue weighted by Gasteiger charge is -2.34. The molecule has 0 bridgehead atoms. The number of nitrogens with one attached hydrogen (secondary N) is 1. The normalized spacial score (nSPS) is 24.5. The molecule has 1 aromatic rings.